The number of hydrogen-bond acceptors (Lipinski definition) is 1. The fourth-order valence-corrected chi connectivity index (χ4v) is 1.07. The van der Waals surface area contributed by atoms with Crippen molar-refractivity contribution in [3.63, 3.8) is 0 Å². The van der Waals surface area contributed by atoms with Gasteiger partial charge in [0.2, 0.25) is 0 Å². The van der Waals surface area contributed by atoms with Crippen LogP contribution in [0, 0.1) is 0 Å². The van der Waals surface area contributed by atoms with Gasteiger partial charge in [0.1, 0.15) is 0 Å². The lowest BCUT2D eigenvalue weighted by Crippen LogP contribution is -1.96. The van der Waals surface area contributed by atoms with Crippen LogP contribution in [0.4, 0.5) is 0 Å². The second-order valence-electron chi connectivity index (χ2n) is 2.71. The van der Waals surface area contributed by atoms with Gasteiger partial charge in [-0.25, -0.2) is 0 Å². The number of hydrogen-bond donors (Lipinski definition) is 0. The molecule has 54 valence electrons. The van der Waals surface area contributed by atoms with Crippen molar-refractivity contribution in [2.45, 2.75) is 19.8 Å². The Kier molecular flexibility index (Phi) is 2.39. The van der Waals surface area contributed by atoms with Crippen molar-refractivity contribution in [3.8, 4) is 0 Å². The van der Waals surface area contributed by atoms with E-state index in [0.717, 1.165) is 5.30 Å². The van der Waals surface area contributed by atoms with Gasteiger partial charge in [0.05, 0.1) is 0 Å². The minimum absolute atomic E-state index is 0.577. The summed E-state index contributed by atoms with van der Waals surface area (Å²) in [4.78, 5) is 4.08. The molecule has 1 heterocycles. The van der Waals surface area contributed by atoms with E-state index in [2.05, 4.69) is 34.1 Å². The molecule has 0 radical (unpaired) electrons. The van der Waals surface area contributed by atoms with Crippen LogP contribution in [0.2, 0.25) is 0 Å². The summed E-state index contributed by atoms with van der Waals surface area (Å²) >= 11 is 0. The predicted octanol–water partition coefficient (Wildman–Crippen LogP) is 1.71. The van der Waals surface area contributed by atoms with Crippen LogP contribution in [0.5, 0.6) is 0 Å². The molecule has 2 heteroatoms. The van der Waals surface area contributed by atoms with Gasteiger partial charge in [-0.1, -0.05) is 13.8 Å². The van der Waals surface area contributed by atoms with Crippen molar-refractivity contribution >= 4 is 14.5 Å². The largest absolute Gasteiger partial charge is 0.264 e. The van der Waals surface area contributed by atoms with Crippen molar-refractivity contribution in [1.29, 1.82) is 0 Å². The molecule has 0 spiro atoms. The monoisotopic (exact) mass is 153 g/mol. The van der Waals surface area contributed by atoms with Crippen LogP contribution in [-0.4, -0.2) is 4.98 Å². The maximum atomic E-state index is 4.08. The average Bonchev–Trinajstić information content (AvgIpc) is 1.88. The highest BCUT2D eigenvalue weighted by molar-refractivity contribution is 7.27. The Bertz CT molecular complexity index is 220. The molecule has 0 aliphatic heterocycles. The van der Waals surface area contributed by atoms with E-state index in [1.54, 1.807) is 0 Å². The second-order valence-corrected chi connectivity index (χ2v) is 3.37. The van der Waals surface area contributed by atoms with Crippen LogP contribution in [0.1, 0.15) is 25.3 Å². The molecular weight excluding hydrogens is 141 g/mol. The summed E-state index contributed by atoms with van der Waals surface area (Å²) in [7, 11) is 2.65. The highest BCUT2D eigenvalue weighted by Gasteiger charge is 1.97. The molecule has 1 unspecified atom stereocenters. The molecule has 0 N–H and O–H groups in total. The van der Waals surface area contributed by atoms with Crippen molar-refractivity contribution in [2.24, 2.45) is 0 Å². The smallest absolute Gasteiger partial charge is 0.0339 e. The third-order valence-electron chi connectivity index (χ3n) is 1.45. The van der Waals surface area contributed by atoms with Gasteiger partial charge in [-0.05, 0) is 22.9 Å². The molecule has 0 bridgehead atoms. The molecule has 0 amide bonds. The van der Waals surface area contributed by atoms with Crippen LogP contribution in [-0.2, 0) is 0 Å². The predicted molar refractivity (Wildman–Crippen MR) is 47.7 cm³/mol. The van der Waals surface area contributed by atoms with Crippen LogP contribution in [0.15, 0.2) is 18.5 Å². The molecule has 1 atom stereocenters. The Morgan fingerprint density at radius 3 is 2.50 bits per heavy atom. The van der Waals surface area contributed by atoms with E-state index in [1.165, 1.54) is 5.56 Å². The Labute approximate surface area is 64.1 Å². The van der Waals surface area contributed by atoms with Crippen LogP contribution in [0.3, 0.4) is 0 Å². The molecule has 0 saturated heterocycles. The Balaban J connectivity index is 2.96. The summed E-state index contributed by atoms with van der Waals surface area (Å²) in [5, 5.41) is 1.16. The molecule has 0 aromatic carbocycles. The zero-order valence-corrected chi connectivity index (χ0v) is 7.49. The first kappa shape index (κ1) is 7.68. The zero-order chi connectivity index (χ0) is 7.56. The van der Waals surface area contributed by atoms with Crippen molar-refractivity contribution < 1.29 is 0 Å². The minimum Gasteiger partial charge on any atom is -0.264 e. The minimum atomic E-state index is 0.577. The van der Waals surface area contributed by atoms with Gasteiger partial charge in [-0.2, -0.15) is 0 Å². The van der Waals surface area contributed by atoms with Crippen molar-refractivity contribution in [2.75, 3.05) is 0 Å². The molecule has 1 nitrogen and oxygen atoms in total. The normalized spacial score (nSPS) is 10.4. The zero-order valence-electron chi connectivity index (χ0n) is 6.33. The van der Waals surface area contributed by atoms with Gasteiger partial charge in [-0.3, -0.25) is 4.98 Å². The lowest BCUT2D eigenvalue weighted by molar-refractivity contribution is 0.860. The summed E-state index contributed by atoms with van der Waals surface area (Å²) < 4.78 is 0. The molecule has 0 aliphatic rings. The summed E-state index contributed by atoms with van der Waals surface area (Å²) in [6, 6.07) is 2.14. The Morgan fingerprint density at radius 1 is 1.40 bits per heavy atom. The van der Waals surface area contributed by atoms with Crippen molar-refractivity contribution in [3.05, 3.63) is 24.0 Å². The Morgan fingerprint density at radius 2 is 2.10 bits per heavy atom. The van der Waals surface area contributed by atoms with E-state index in [0.29, 0.717) is 5.92 Å². The van der Waals surface area contributed by atoms with Gasteiger partial charge >= 0.3 is 0 Å². The van der Waals surface area contributed by atoms with Crippen molar-refractivity contribution in [1.82, 2.24) is 4.98 Å². The van der Waals surface area contributed by atoms with Gasteiger partial charge in [0.25, 0.3) is 0 Å². The third-order valence-corrected chi connectivity index (χ3v) is 1.76. The summed E-state index contributed by atoms with van der Waals surface area (Å²) in [6.45, 7) is 4.34. The Hall–Kier alpha value is -0.420. The molecule has 0 saturated carbocycles. The van der Waals surface area contributed by atoms with E-state index in [1.807, 2.05) is 12.4 Å². The first-order valence-electron chi connectivity index (χ1n) is 3.40. The number of aromatic nitrogens is 1. The fourth-order valence-electron chi connectivity index (χ4n) is 0.792. The lowest BCUT2D eigenvalue weighted by atomic mass is 10.1. The summed E-state index contributed by atoms with van der Waals surface area (Å²) in [5.41, 5.74) is 1.30. The molecular formula is C8H12NP. The second kappa shape index (κ2) is 3.12. The number of rotatable bonds is 1. The molecule has 0 fully saturated rings. The number of nitrogens with zero attached hydrogens (tertiary/aromatic N) is 1. The highest BCUT2D eigenvalue weighted by atomic mass is 31.0. The van der Waals surface area contributed by atoms with E-state index in [-0.39, 0.29) is 0 Å². The molecule has 0 aliphatic carbocycles. The quantitative estimate of drug-likeness (QED) is 0.559. The SMILES string of the molecule is CC(C)c1cncc(P)c1. The van der Waals surface area contributed by atoms with Crippen LogP contribution in [0.25, 0.3) is 0 Å². The van der Waals surface area contributed by atoms with Gasteiger partial charge in [-0.15, -0.1) is 9.24 Å². The average molecular weight is 153 g/mol. The fraction of sp³-hybridized carbons (Fsp3) is 0.375. The van der Waals surface area contributed by atoms with Gasteiger partial charge in [0.15, 0.2) is 0 Å². The van der Waals surface area contributed by atoms with E-state index >= 15 is 0 Å². The van der Waals surface area contributed by atoms with E-state index in [9.17, 15) is 0 Å². The van der Waals surface area contributed by atoms with Gasteiger partial charge in [0, 0.05) is 12.4 Å². The molecule has 1 aromatic rings. The standard InChI is InChI=1S/C8H12NP/c1-6(2)7-3-8(10)5-9-4-7/h3-6H,10H2,1-2H3. The summed E-state index contributed by atoms with van der Waals surface area (Å²) in [5.74, 6) is 0.577. The topological polar surface area (TPSA) is 12.9 Å². The first-order chi connectivity index (χ1) is 4.70. The van der Waals surface area contributed by atoms with E-state index in [4.69, 9.17) is 0 Å². The lowest BCUT2D eigenvalue weighted by Gasteiger charge is -2.03. The first-order valence-corrected chi connectivity index (χ1v) is 3.98. The maximum absolute atomic E-state index is 4.08. The third kappa shape index (κ3) is 1.78. The molecule has 1 aromatic heterocycles. The molecule has 1 rings (SSSR count). The van der Waals surface area contributed by atoms with E-state index < -0.39 is 0 Å². The highest BCUT2D eigenvalue weighted by Crippen LogP contribution is 2.10. The van der Waals surface area contributed by atoms with Gasteiger partial charge < -0.3 is 0 Å². The van der Waals surface area contributed by atoms with Crippen LogP contribution >= 0.6 is 9.24 Å². The van der Waals surface area contributed by atoms with Crippen LogP contribution < -0.4 is 5.30 Å². The summed E-state index contributed by atoms with van der Waals surface area (Å²) in [6.07, 6.45) is 3.76. The number of pyridine rings is 1. The maximum Gasteiger partial charge on any atom is 0.0339 e. The molecule has 10 heavy (non-hydrogen) atoms.